The van der Waals surface area contributed by atoms with E-state index in [4.69, 9.17) is 0 Å². The quantitative estimate of drug-likeness (QED) is 0.546. The molecule has 0 radical (unpaired) electrons. The summed E-state index contributed by atoms with van der Waals surface area (Å²) in [6.45, 7) is 2.11. The van der Waals surface area contributed by atoms with E-state index in [1.807, 2.05) is 43.0 Å². The van der Waals surface area contributed by atoms with Gasteiger partial charge in [-0.3, -0.25) is 9.97 Å². The summed E-state index contributed by atoms with van der Waals surface area (Å²) >= 11 is 0. The molecule has 106 valence electrons. The molecule has 0 saturated heterocycles. The third-order valence-electron chi connectivity index (χ3n) is 3.97. The van der Waals surface area contributed by atoms with Gasteiger partial charge >= 0.3 is 0 Å². The second-order valence-corrected chi connectivity index (χ2v) is 5.36. The molecule has 0 unspecified atom stereocenters. The normalized spacial score (nSPS) is 11.0. The number of hydrogen-bond donors (Lipinski definition) is 0. The SMILES string of the molecule is Cc1ccncc1-n1ccc2cc(-c3ccncc3)ccc21. The van der Waals surface area contributed by atoms with E-state index in [1.54, 1.807) is 0 Å². The highest BCUT2D eigenvalue weighted by atomic mass is 15.0. The zero-order chi connectivity index (χ0) is 14.9. The largest absolute Gasteiger partial charge is 0.315 e. The van der Waals surface area contributed by atoms with Gasteiger partial charge in [0.25, 0.3) is 0 Å². The van der Waals surface area contributed by atoms with Crippen molar-refractivity contribution in [1.82, 2.24) is 14.5 Å². The molecule has 0 N–H and O–H groups in total. The highest BCUT2D eigenvalue weighted by Gasteiger charge is 2.07. The van der Waals surface area contributed by atoms with E-state index >= 15 is 0 Å². The highest BCUT2D eigenvalue weighted by molar-refractivity contribution is 5.87. The van der Waals surface area contributed by atoms with Gasteiger partial charge in [0.2, 0.25) is 0 Å². The Labute approximate surface area is 128 Å². The molecule has 0 bridgehead atoms. The summed E-state index contributed by atoms with van der Waals surface area (Å²) in [5, 5.41) is 1.22. The van der Waals surface area contributed by atoms with Gasteiger partial charge in [-0.15, -0.1) is 0 Å². The van der Waals surface area contributed by atoms with Crippen molar-refractivity contribution in [2.75, 3.05) is 0 Å². The van der Waals surface area contributed by atoms with Crippen molar-refractivity contribution in [1.29, 1.82) is 0 Å². The summed E-state index contributed by atoms with van der Waals surface area (Å²) in [5.74, 6) is 0. The molecule has 3 heteroatoms. The molecule has 0 aliphatic heterocycles. The van der Waals surface area contributed by atoms with Crippen molar-refractivity contribution in [2.24, 2.45) is 0 Å². The minimum Gasteiger partial charge on any atom is -0.315 e. The average molecular weight is 285 g/mol. The lowest BCUT2D eigenvalue weighted by Crippen LogP contribution is -1.95. The fourth-order valence-electron chi connectivity index (χ4n) is 2.78. The second-order valence-electron chi connectivity index (χ2n) is 5.36. The van der Waals surface area contributed by atoms with E-state index < -0.39 is 0 Å². The van der Waals surface area contributed by atoms with Crippen LogP contribution >= 0.6 is 0 Å². The van der Waals surface area contributed by atoms with Crippen LogP contribution < -0.4 is 0 Å². The molecule has 4 aromatic rings. The van der Waals surface area contributed by atoms with Crippen LogP contribution in [0, 0.1) is 6.92 Å². The molecule has 0 spiro atoms. The molecule has 3 aromatic heterocycles. The van der Waals surface area contributed by atoms with Crippen LogP contribution in [-0.2, 0) is 0 Å². The number of aromatic nitrogens is 3. The zero-order valence-electron chi connectivity index (χ0n) is 12.3. The summed E-state index contributed by atoms with van der Waals surface area (Å²) < 4.78 is 2.19. The lowest BCUT2D eigenvalue weighted by Gasteiger charge is -2.09. The number of benzene rings is 1. The first kappa shape index (κ1) is 12.8. The van der Waals surface area contributed by atoms with Gasteiger partial charge in [0.1, 0.15) is 0 Å². The van der Waals surface area contributed by atoms with Gasteiger partial charge in [0.05, 0.1) is 17.4 Å². The van der Waals surface area contributed by atoms with Gasteiger partial charge in [-0.25, -0.2) is 0 Å². The zero-order valence-corrected chi connectivity index (χ0v) is 12.3. The Bertz CT molecular complexity index is 939. The number of aryl methyl sites for hydroxylation is 1. The van der Waals surface area contributed by atoms with Crippen molar-refractivity contribution in [3.63, 3.8) is 0 Å². The molecule has 0 atom stereocenters. The first-order valence-corrected chi connectivity index (χ1v) is 7.25. The molecular formula is C19H15N3. The average Bonchev–Trinajstić information content (AvgIpc) is 2.99. The molecule has 0 aliphatic rings. The lowest BCUT2D eigenvalue weighted by molar-refractivity contribution is 1.07. The van der Waals surface area contributed by atoms with E-state index in [0.717, 1.165) is 5.69 Å². The third kappa shape index (κ3) is 2.07. The van der Waals surface area contributed by atoms with Crippen molar-refractivity contribution >= 4 is 10.9 Å². The second kappa shape index (κ2) is 5.11. The van der Waals surface area contributed by atoms with Crippen LogP contribution in [0.15, 0.2) is 73.4 Å². The maximum absolute atomic E-state index is 4.25. The molecule has 1 aromatic carbocycles. The van der Waals surface area contributed by atoms with Gasteiger partial charge in [-0.05, 0) is 60.0 Å². The first-order chi connectivity index (χ1) is 10.8. The Morgan fingerprint density at radius 2 is 1.64 bits per heavy atom. The Hall–Kier alpha value is -2.94. The molecule has 0 aliphatic carbocycles. The van der Waals surface area contributed by atoms with E-state index in [1.165, 1.54) is 27.6 Å². The topological polar surface area (TPSA) is 30.7 Å². The van der Waals surface area contributed by atoms with Crippen LogP contribution in [0.1, 0.15) is 5.56 Å². The van der Waals surface area contributed by atoms with Crippen LogP contribution in [-0.4, -0.2) is 14.5 Å². The summed E-state index contributed by atoms with van der Waals surface area (Å²) in [5.41, 5.74) is 5.91. The fraction of sp³-hybridized carbons (Fsp3) is 0.0526. The Kier molecular flexibility index (Phi) is 2.97. The van der Waals surface area contributed by atoms with Crippen molar-refractivity contribution < 1.29 is 0 Å². The maximum atomic E-state index is 4.25. The van der Waals surface area contributed by atoms with Gasteiger partial charge in [-0.2, -0.15) is 0 Å². The predicted molar refractivity (Wildman–Crippen MR) is 89.0 cm³/mol. The van der Waals surface area contributed by atoms with E-state index in [2.05, 4.69) is 51.9 Å². The molecule has 4 rings (SSSR count). The van der Waals surface area contributed by atoms with Gasteiger partial charge in [0.15, 0.2) is 0 Å². The first-order valence-electron chi connectivity index (χ1n) is 7.25. The van der Waals surface area contributed by atoms with E-state index in [9.17, 15) is 0 Å². The number of pyridine rings is 2. The minimum absolute atomic E-state index is 1.12. The number of rotatable bonds is 2. The van der Waals surface area contributed by atoms with Crippen molar-refractivity contribution in [2.45, 2.75) is 6.92 Å². The summed E-state index contributed by atoms with van der Waals surface area (Å²) in [6.07, 6.45) is 9.48. The maximum Gasteiger partial charge on any atom is 0.0668 e. The lowest BCUT2D eigenvalue weighted by atomic mass is 10.1. The third-order valence-corrected chi connectivity index (χ3v) is 3.97. The van der Waals surface area contributed by atoms with Crippen LogP contribution in [0.4, 0.5) is 0 Å². The molecule has 3 nitrogen and oxygen atoms in total. The molecule has 22 heavy (non-hydrogen) atoms. The smallest absolute Gasteiger partial charge is 0.0668 e. The monoisotopic (exact) mass is 285 g/mol. The molecule has 0 amide bonds. The van der Waals surface area contributed by atoms with Gasteiger partial charge in [-0.1, -0.05) is 6.07 Å². The van der Waals surface area contributed by atoms with Crippen LogP contribution in [0.2, 0.25) is 0 Å². The van der Waals surface area contributed by atoms with E-state index in [0.29, 0.717) is 0 Å². The Morgan fingerprint density at radius 1 is 0.818 bits per heavy atom. The van der Waals surface area contributed by atoms with E-state index in [-0.39, 0.29) is 0 Å². The van der Waals surface area contributed by atoms with Crippen molar-refractivity contribution in [3.05, 3.63) is 79.0 Å². The number of nitrogens with zero attached hydrogens (tertiary/aromatic N) is 3. The molecule has 3 heterocycles. The van der Waals surface area contributed by atoms with Gasteiger partial charge < -0.3 is 4.57 Å². The molecule has 0 fully saturated rings. The Balaban J connectivity index is 1.87. The standard InChI is InChI=1S/C19H15N3/c1-14-4-8-21-13-19(14)22-11-7-17-12-16(2-3-18(17)22)15-5-9-20-10-6-15/h2-13H,1H3. The summed E-state index contributed by atoms with van der Waals surface area (Å²) in [4.78, 5) is 8.32. The summed E-state index contributed by atoms with van der Waals surface area (Å²) in [6, 6.07) is 14.8. The fourth-order valence-corrected chi connectivity index (χ4v) is 2.78. The van der Waals surface area contributed by atoms with Crippen LogP contribution in [0.3, 0.4) is 0 Å². The minimum atomic E-state index is 1.12. The Morgan fingerprint density at radius 3 is 2.45 bits per heavy atom. The predicted octanol–water partition coefficient (Wildman–Crippen LogP) is 4.40. The molecule has 0 saturated carbocycles. The highest BCUT2D eigenvalue weighted by Crippen LogP contribution is 2.27. The summed E-state index contributed by atoms with van der Waals surface area (Å²) in [7, 11) is 0. The molecular weight excluding hydrogens is 270 g/mol. The number of hydrogen-bond acceptors (Lipinski definition) is 2. The van der Waals surface area contributed by atoms with Crippen LogP contribution in [0.5, 0.6) is 0 Å². The van der Waals surface area contributed by atoms with Gasteiger partial charge in [0, 0.05) is 30.2 Å². The number of fused-ring (bicyclic) bond motifs is 1. The van der Waals surface area contributed by atoms with Crippen molar-refractivity contribution in [3.8, 4) is 16.8 Å². The van der Waals surface area contributed by atoms with Crippen LogP contribution in [0.25, 0.3) is 27.7 Å².